The van der Waals surface area contributed by atoms with Gasteiger partial charge >= 0.3 is 0 Å². The standard InChI is InChI=1S/C16H21N3OS/c1-10-9-18-14(21-10)11(2)19-15(20)16(3,4)12-5-7-13(17)8-6-12/h5-9,11H,17H2,1-4H3,(H,19,20). The molecule has 0 saturated carbocycles. The molecule has 1 atom stereocenters. The molecule has 0 aliphatic rings. The van der Waals surface area contributed by atoms with Crippen molar-refractivity contribution in [3.05, 3.63) is 45.9 Å². The molecule has 0 aliphatic carbocycles. The van der Waals surface area contributed by atoms with Crippen LogP contribution < -0.4 is 11.1 Å². The van der Waals surface area contributed by atoms with Crippen molar-refractivity contribution in [3.8, 4) is 0 Å². The summed E-state index contributed by atoms with van der Waals surface area (Å²) in [6.45, 7) is 7.78. The van der Waals surface area contributed by atoms with E-state index in [0.717, 1.165) is 15.4 Å². The first kappa shape index (κ1) is 15.5. The number of hydrogen-bond acceptors (Lipinski definition) is 4. The van der Waals surface area contributed by atoms with Crippen LogP contribution in [0.2, 0.25) is 0 Å². The maximum absolute atomic E-state index is 12.6. The molecular formula is C16H21N3OS. The molecular weight excluding hydrogens is 282 g/mol. The summed E-state index contributed by atoms with van der Waals surface area (Å²) < 4.78 is 0. The third-order valence-electron chi connectivity index (χ3n) is 3.56. The van der Waals surface area contributed by atoms with Gasteiger partial charge in [0.05, 0.1) is 11.5 Å². The van der Waals surface area contributed by atoms with Crippen LogP contribution in [0, 0.1) is 6.92 Å². The Morgan fingerprint density at radius 1 is 1.33 bits per heavy atom. The van der Waals surface area contributed by atoms with E-state index < -0.39 is 5.41 Å². The maximum atomic E-state index is 12.6. The fraction of sp³-hybridized carbons (Fsp3) is 0.375. The summed E-state index contributed by atoms with van der Waals surface area (Å²) in [4.78, 5) is 18.0. The Morgan fingerprint density at radius 2 is 1.95 bits per heavy atom. The first-order valence-electron chi connectivity index (χ1n) is 6.90. The summed E-state index contributed by atoms with van der Waals surface area (Å²) in [6.07, 6.45) is 1.83. The molecule has 0 aliphatic heterocycles. The number of rotatable bonds is 4. The Labute approximate surface area is 129 Å². The Hall–Kier alpha value is -1.88. The molecule has 1 heterocycles. The zero-order chi connectivity index (χ0) is 15.6. The SMILES string of the molecule is Cc1cnc(C(C)NC(=O)C(C)(C)c2ccc(N)cc2)s1. The second kappa shape index (κ2) is 5.85. The summed E-state index contributed by atoms with van der Waals surface area (Å²) in [5, 5.41) is 3.97. The maximum Gasteiger partial charge on any atom is 0.230 e. The van der Waals surface area contributed by atoms with Crippen molar-refractivity contribution < 1.29 is 4.79 Å². The van der Waals surface area contributed by atoms with Crippen LogP contribution in [0.15, 0.2) is 30.5 Å². The van der Waals surface area contributed by atoms with Crippen molar-refractivity contribution in [2.45, 2.75) is 39.2 Å². The van der Waals surface area contributed by atoms with Gasteiger partial charge in [0.2, 0.25) is 5.91 Å². The van der Waals surface area contributed by atoms with Crippen molar-refractivity contribution >= 4 is 22.9 Å². The van der Waals surface area contributed by atoms with E-state index in [1.165, 1.54) is 0 Å². The lowest BCUT2D eigenvalue weighted by molar-refractivity contribution is -0.126. The minimum atomic E-state index is -0.617. The van der Waals surface area contributed by atoms with E-state index in [1.807, 2.05) is 58.2 Å². The zero-order valence-corrected chi connectivity index (χ0v) is 13.6. The molecule has 3 N–H and O–H groups in total. The largest absolute Gasteiger partial charge is 0.399 e. The second-order valence-corrected chi connectivity index (χ2v) is 7.02. The van der Waals surface area contributed by atoms with E-state index in [1.54, 1.807) is 11.3 Å². The number of benzene rings is 1. The van der Waals surface area contributed by atoms with E-state index in [9.17, 15) is 4.79 Å². The van der Waals surface area contributed by atoms with Crippen LogP contribution in [0.4, 0.5) is 5.69 Å². The van der Waals surface area contributed by atoms with Gasteiger partial charge in [-0.2, -0.15) is 0 Å². The Morgan fingerprint density at radius 3 is 2.48 bits per heavy atom. The number of nitrogens with one attached hydrogen (secondary N) is 1. The molecule has 1 unspecified atom stereocenters. The van der Waals surface area contributed by atoms with Crippen LogP contribution in [-0.2, 0) is 10.2 Å². The lowest BCUT2D eigenvalue weighted by atomic mass is 9.83. The van der Waals surface area contributed by atoms with Crippen molar-refractivity contribution in [2.75, 3.05) is 5.73 Å². The summed E-state index contributed by atoms with van der Waals surface area (Å²) in [6, 6.07) is 7.33. The van der Waals surface area contributed by atoms with Crippen molar-refractivity contribution in [1.29, 1.82) is 0 Å². The Kier molecular flexibility index (Phi) is 4.32. The van der Waals surface area contributed by atoms with E-state index in [-0.39, 0.29) is 11.9 Å². The number of carbonyl (C=O) groups is 1. The Balaban J connectivity index is 2.13. The van der Waals surface area contributed by atoms with Crippen LogP contribution in [0.3, 0.4) is 0 Å². The fourth-order valence-corrected chi connectivity index (χ4v) is 2.82. The Bertz CT molecular complexity index is 631. The molecule has 0 saturated heterocycles. The van der Waals surface area contributed by atoms with Crippen molar-refractivity contribution in [2.24, 2.45) is 0 Å². The third-order valence-corrected chi connectivity index (χ3v) is 4.65. The molecule has 2 rings (SSSR count). The number of nitrogen functional groups attached to an aromatic ring is 1. The minimum absolute atomic E-state index is 0.0207. The van der Waals surface area contributed by atoms with Crippen LogP contribution in [0.25, 0.3) is 0 Å². The van der Waals surface area contributed by atoms with Crippen molar-refractivity contribution in [3.63, 3.8) is 0 Å². The van der Waals surface area contributed by atoms with Gasteiger partial charge < -0.3 is 11.1 Å². The highest BCUT2D eigenvalue weighted by Gasteiger charge is 2.31. The fourth-order valence-electron chi connectivity index (χ4n) is 2.04. The molecule has 2 aromatic rings. The first-order valence-corrected chi connectivity index (χ1v) is 7.71. The molecule has 4 nitrogen and oxygen atoms in total. The van der Waals surface area contributed by atoms with E-state index >= 15 is 0 Å². The minimum Gasteiger partial charge on any atom is -0.399 e. The second-order valence-electron chi connectivity index (χ2n) is 5.75. The van der Waals surface area contributed by atoms with Gasteiger partial charge in [0.1, 0.15) is 5.01 Å². The van der Waals surface area contributed by atoms with Crippen LogP contribution in [0.1, 0.15) is 42.3 Å². The summed E-state index contributed by atoms with van der Waals surface area (Å²) >= 11 is 1.60. The summed E-state index contributed by atoms with van der Waals surface area (Å²) in [5.74, 6) is -0.0207. The van der Waals surface area contributed by atoms with Gasteiger partial charge in [0.25, 0.3) is 0 Å². The predicted molar refractivity (Wildman–Crippen MR) is 87.3 cm³/mol. The van der Waals surface area contributed by atoms with Gasteiger partial charge in [-0.15, -0.1) is 11.3 Å². The highest BCUT2D eigenvalue weighted by atomic mass is 32.1. The lowest BCUT2D eigenvalue weighted by Gasteiger charge is -2.26. The van der Waals surface area contributed by atoms with Crippen LogP contribution in [0.5, 0.6) is 0 Å². The first-order chi connectivity index (χ1) is 9.80. The van der Waals surface area contributed by atoms with Gasteiger partial charge in [-0.05, 0) is 45.4 Å². The predicted octanol–water partition coefficient (Wildman–Crippen LogP) is 3.19. The zero-order valence-electron chi connectivity index (χ0n) is 12.8. The number of aryl methyl sites for hydroxylation is 1. The van der Waals surface area contributed by atoms with Gasteiger partial charge in [-0.25, -0.2) is 4.98 Å². The number of aromatic nitrogens is 1. The molecule has 1 amide bonds. The number of hydrogen-bond donors (Lipinski definition) is 2. The highest BCUT2D eigenvalue weighted by molar-refractivity contribution is 7.11. The van der Waals surface area contributed by atoms with Gasteiger partial charge in [-0.3, -0.25) is 4.79 Å². The smallest absolute Gasteiger partial charge is 0.230 e. The summed E-state index contributed by atoms with van der Waals surface area (Å²) in [7, 11) is 0. The van der Waals surface area contributed by atoms with Crippen molar-refractivity contribution in [1.82, 2.24) is 10.3 Å². The third kappa shape index (κ3) is 3.42. The van der Waals surface area contributed by atoms with Gasteiger partial charge in [-0.1, -0.05) is 12.1 Å². The molecule has 0 spiro atoms. The van der Waals surface area contributed by atoms with Crippen LogP contribution in [-0.4, -0.2) is 10.9 Å². The van der Waals surface area contributed by atoms with E-state index in [0.29, 0.717) is 5.69 Å². The number of carbonyl (C=O) groups excluding carboxylic acids is 1. The number of amides is 1. The quantitative estimate of drug-likeness (QED) is 0.852. The molecule has 0 fully saturated rings. The molecule has 0 radical (unpaired) electrons. The molecule has 21 heavy (non-hydrogen) atoms. The van der Waals surface area contributed by atoms with Gasteiger partial charge in [0.15, 0.2) is 0 Å². The molecule has 0 bridgehead atoms. The highest BCUT2D eigenvalue weighted by Crippen LogP contribution is 2.26. The van der Waals surface area contributed by atoms with E-state index in [4.69, 9.17) is 5.73 Å². The molecule has 112 valence electrons. The monoisotopic (exact) mass is 303 g/mol. The summed E-state index contributed by atoms with van der Waals surface area (Å²) in [5.41, 5.74) is 6.72. The van der Waals surface area contributed by atoms with E-state index in [2.05, 4.69) is 10.3 Å². The average Bonchev–Trinajstić information content (AvgIpc) is 2.86. The normalized spacial score (nSPS) is 13.0. The number of nitrogens with two attached hydrogens (primary N) is 1. The number of thiazole rings is 1. The number of nitrogens with zero attached hydrogens (tertiary/aromatic N) is 1. The average molecular weight is 303 g/mol. The molecule has 1 aromatic carbocycles. The lowest BCUT2D eigenvalue weighted by Crippen LogP contribution is -2.41. The molecule has 5 heteroatoms. The van der Waals surface area contributed by atoms with Crippen LogP contribution >= 0.6 is 11.3 Å². The number of anilines is 1. The molecule has 1 aromatic heterocycles. The topological polar surface area (TPSA) is 68.0 Å². The van der Waals surface area contributed by atoms with Gasteiger partial charge in [0, 0.05) is 16.8 Å².